The van der Waals surface area contributed by atoms with Crippen molar-refractivity contribution in [1.29, 1.82) is 0 Å². The van der Waals surface area contributed by atoms with E-state index in [9.17, 15) is 4.79 Å². The molecular formula is C15H23NO4. The van der Waals surface area contributed by atoms with Gasteiger partial charge < -0.3 is 19.5 Å². The van der Waals surface area contributed by atoms with E-state index in [1.54, 1.807) is 14.0 Å². The summed E-state index contributed by atoms with van der Waals surface area (Å²) in [7, 11) is 1.66. The molecule has 1 rings (SSSR count). The SMILES string of the molecule is CCOC(=O)COCCN[C@H](C)c1ccccc1OC. The molecule has 0 aromatic heterocycles. The van der Waals surface area contributed by atoms with Crippen molar-refractivity contribution in [2.24, 2.45) is 0 Å². The maximum atomic E-state index is 11.1. The molecule has 0 saturated carbocycles. The summed E-state index contributed by atoms with van der Waals surface area (Å²) in [6, 6.07) is 8.03. The Balaban J connectivity index is 2.26. The van der Waals surface area contributed by atoms with Crippen molar-refractivity contribution in [3.8, 4) is 5.75 Å². The molecule has 1 N–H and O–H groups in total. The number of nitrogens with one attached hydrogen (secondary N) is 1. The first-order valence-corrected chi connectivity index (χ1v) is 6.78. The Labute approximate surface area is 120 Å². The van der Waals surface area contributed by atoms with Gasteiger partial charge in [0, 0.05) is 18.2 Å². The summed E-state index contributed by atoms with van der Waals surface area (Å²) in [5.74, 6) is 0.533. The lowest BCUT2D eigenvalue weighted by Crippen LogP contribution is -2.25. The fourth-order valence-corrected chi connectivity index (χ4v) is 1.84. The van der Waals surface area contributed by atoms with E-state index in [2.05, 4.69) is 12.2 Å². The number of hydrogen-bond donors (Lipinski definition) is 1. The van der Waals surface area contributed by atoms with Crippen LogP contribution in [0.15, 0.2) is 24.3 Å². The van der Waals surface area contributed by atoms with Crippen molar-refractivity contribution >= 4 is 5.97 Å². The van der Waals surface area contributed by atoms with Gasteiger partial charge in [0.25, 0.3) is 0 Å². The number of benzene rings is 1. The number of rotatable bonds is 9. The highest BCUT2D eigenvalue weighted by Gasteiger charge is 2.09. The smallest absolute Gasteiger partial charge is 0.332 e. The van der Waals surface area contributed by atoms with E-state index in [1.807, 2.05) is 24.3 Å². The Bertz CT molecular complexity index is 409. The molecule has 1 aromatic carbocycles. The molecule has 112 valence electrons. The van der Waals surface area contributed by atoms with Gasteiger partial charge in [-0.05, 0) is 19.9 Å². The summed E-state index contributed by atoms with van der Waals surface area (Å²) >= 11 is 0. The highest BCUT2D eigenvalue weighted by molar-refractivity contribution is 5.70. The summed E-state index contributed by atoms with van der Waals surface area (Å²) in [4.78, 5) is 11.1. The van der Waals surface area contributed by atoms with Gasteiger partial charge in [0.05, 0.1) is 20.3 Å². The molecule has 0 fully saturated rings. The lowest BCUT2D eigenvalue weighted by molar-refractivity contribution is -0.148. The lowest BCUT2D eigenvalue weighted by Gasteiger charge is -2.17. The Morgan fingerprint density at radius 2 is 2.10 bits per heavy atom. The zero-order valence-electron chi connectivity index (χ0n) is 12.3. The molecule has 0 bridgehead atoms. The van der Waals surface area contributed by atoms with Gasteiger partial charge in [-0.15, -0.1) is 0 Å². The van der Waals surface area contributed by atoms with Crippen LogP contribution in [0.5, 0.6) is 5.75 Å². The van der Waals surface area contributed by atoms with Crippen LogP contribution in [-0.2, 0) is 14.3 Å². The van der Waals surface area contributed by atoms with Gasteiger partial charge in [0.1, 0.15) is 12.4 Å². The van der Waals surface area contributed by atoms with Crippen LogP contribution in [0.25, 0.3) is 0 Å². The summed E-state index contributed by atoms with van der Waals surface area (Å²) in [5.41, 5.74) is 1.10. The third-order valence-corrected chi connectivity index (χ3v) is 2.83. The van der Waals surface area contributed by atoms with Crippen LogP contribution in [0.4, 0.5) is 0 Å². The van der Waals surface area contributed by atoms with E-state index < -0.39 is 0 Å². The molecule has 5 heteroatoms. The Kier molecular flexibility index (Phi) is 7.69. The fourth-order valence-electron chi connectivity index (χ4n) is 1.84. The predicted molar refractivity (Wildman–Crippen MR) is 76.9 cm³/mol. The van der Waals surface area contributed by atoms with E-state index in [4.69, 9.17) is 14.2 Å². The molecule has 0 heterocycles. The molecule has 0 amide bonds. The molecule has 0 aliphatic heterocycles. The summed E-state index contributed by atoms with van der Waals surface area (Å²) in [6.45, 7) is 5.32. The fraction of sp³-hybridized carbons (Fsp3) is 0.533. The maximum absolute atomic E-state index is 11.1. The molecule has 0 spiro atoms. The van der Waals surface area contributed by atoms with E-state index >= 15 is 0 Å². The molecule has 1 atom stereocenters. The lowest BCUT2D eigenvalue weighted by atomic mass is 10.1. The predicted octanol–water partition coefficient (Wildman–Crippen LogP) is 1.93. The molecule has 0 unspecified atom stereocenters. The second-order valence-electron chi connectivity index (χ2n) is 4.28. The molecule has 0 aliphatic rings. The molecule has 5 nitrogen and oxygen atoms in total. The average Bonchev–Trinajstić information content (AvgIpc) is 2.47. The summed E-state index contributed by atoms with van der Waals surface area (Å²) in [6.07, 6.45) is 0. The molecule has 0 saturated heterocycles. The Morgan fingerprint density at radius 3 is 2.80 bits per heavy atom. The van der Waals surface area contributed by atoms with Crippen molar-refractivity contribution in [2.45, 2.75) is 19.9 Å². The molecule has 20 heavy (non-hydrogen) atoms. The maximum Gasteiger partial charge on any atom is 0.332 e. The van der Waals surface area contributed by atoms with Crippen molar-refractivity contribution in [2.75, 3.05) is 33.5 Å². The molecule has 0 radical (unpaired) electrons. The summed E-state index contributed by atoms with van der Waals surface area (Å²) in [5, 5.41) is 3.32. The van der Waals surface area contributed by atoms with Gasteiger partial charge in [-0.1, -0.05) is 18.2 Å². The standard InChI is InChI=1S/C15H23NO4/c1-4-20-15(17)11-19-10-9-16-12(2)13-7-5-6-8-14(13)18-3/h5-8,12,16H,4,9-11H2,1-3H3/t12-/m1/s1. The van der Waals surface area contributed by atoms with E-state index in [0.717, 1.165) is 11.3 Å². The van der Waals surface area contributed by atoms with Crippen molar-refractivity contribution in [1.82, 2.24) is 5.32 Å². The van der Waals surface area contributed by atoms with Gasteiger partial charge in [0.15, 0.2) is 0 Å². The molecule has 1 aromatic rings. The van der Waals surface area contributed by atoms with Gasteiger partial charge in [-0.2, -0.15) is 0 Å². The van der Waals surface area contributed by atoms with Crippen molar-refractivity contribution in [3.05, 3.63) is 29.8 Å². The van der Waals surface area contributed by atoms with Crippen molar-refractivity contribution in [3.63, 3.8) is 0 Å². The number of carbonyl (C=O) groups is 1. The van der Waals surface area contributed by atoms with Crippen LogP contribution >= 0.6 is 0 Å². The number of carbonyl (C=O) groups excluding carboxylic acids is 1. The third kappa shape index (κ3) is 5.59. The van der Waals surface area contributed by atoms with Crippen LogP contribution in [-0.4, -0.2) is 39.4 Å². The van der Waals surface area contributed by atoms with Gasteiger partial charge in [-0.3, -0.25) is 0 Å². The minimum absolute atomic E-state index is 0.00143. The summed E-state index contributed by atoms with van der Waals surface area (Å²) < 4.78 is 15.3. The number of hydrogen-bond acceptors (Lipinski definition) is 5. The highest BCUT2D eigenvalue weighted by Crippen LogP contribution is 2.23. The zero-order valence-corrected chi connectivity index (χ0v) is 12.3. The minimum Gasteiger partial charge on any atom is -0.496 e. The highest BCUT2D eigenvalue weighted by atomic mass is 16.6. The van der Waals surface area contributed by atoms with Gasteiger partial charge in [-0.25, -0.2) is 4.79 Å². The molecule has 0 aliphatic carbocycles. The van der Waals surface area contributed by atoms with E-state index in [1.165, 1.54) is 0 Å². The first-order chi connectivity index (χ1) is 9.69. The van der Waals surface area contributed by atoms with E-state index in [-0.39, 0.29) is 18.6 Å². The Hall–Kier alpha value is -1.59. The van der Waals surface area contributed by atoms with Crippen LogP contribution in [0.1, 0.15) is 25.5 Å². The van der Waals surface area contributed by atoms with Crippen LogP contribution in [0.3, 0.4) is 0 Å². The van der Waals surface area contributed by atoms with Crippen LogP contribution in [0, 0.1) is 0 Å². The first-order valence-electron chi connectivity index (χ1n) is 6.78. The number of methoxy groups -OCH3 is 1. The quantitative estimate of drug-likeness (QED) is 0.553. The third-order valence-electron chi connectivity index (χ3n) is 2.83. The van der Waals surface area contributed by atoms with Gasteiger partial charge in [0.2, 0.25) is 0 Å². The number of para-hydroxylation sites is 1. The van der Waals surface area contributed by atoms with Gasteiger partial charge >= 0.3 is 5.97 Å². The van der Waals surface area contributed by atoms with Crippen molar-refractivity contribution < 1.29 is 19.0 Å². The zero-order chi connectivity index (χ0) is 14.8. The van der Waals surface area contributed by atoms with Crippen LogP contribution in [0.2, 0.25) is 0 Å². The second kappa shape index (κ2) is 9.34. The average molecular weight is 281 g/mol. The van der Waals surface area contributed by atoms with E-state index in [0.29, 0.717) is 19.8 Å². The first kappa shape index (κ1) is 16.5. The molecular weight excluding hydrogens is 258 g/mol. The largest absolute Gasteiger partial charge is 0.496 e. The normalized spacial score (nSPS) is 11.9. The topological polar surface area (TPSA) is 56.8 Å². The number of ether oxygens (including phenoxy) is 3. The minimum atomic E-state index is -0.328. The Morgan fingerprint density at radius 1 is 1.35 bits per heavy atom. The second-order valence-corrected chi connectivity index (χ2v) is 4.28. The number of esters is 1. The van der Waals surface area contributed by atoms with Crippen LogP contribution < -0.4 is 10.1 Å². The monoisotopic (exact) mass is 281 g/mol.